The number of hydrogen-bond acceptors (Lipinski definition) is 1. The van der Waals surface area contributed by atoms with Crippen molar-refractivity contribution < 1.29 is 0 Å². The summed E-state index contributed by atoms with van der Waals surface area (Å²) in [5, 5.41) is 0. The lowest BCUT2D eigenvalue weighted by Crippen LogP contribution is -2.46. The zero-order chi connectivity index (χ0) is 8.89. The molecule has 1 fully saturated rings. The van der Waals surface area contributed by atoms with Gasteiger partial charge in [-0.2, -0.15) is 0 Å². The summed E-state index contributed by atoms with van der Waals surface area (Å²) in [7, 11) is 0. The molecular formula is C12H15N. The first-order valence-corrected chi connectivity index (χ1v) is 5.10. The number of benzene rings is 1. The largest absolute Gasteiger partial charge is 0.328 e. The lowest BCUT2D eigenvalue weighted by atomic mass is 9.64. The number of nitrogens with two attached hydrogens (primary N) is 1. The van der Waals surface area contributed by atoms with E-state index in [1.165, 1.54) is 25.7 Å². The lowest BCUT2D eigenvalue weighted by molar-refractivity contribution is 0.118. The molecule has 1 saturated carbocycles. The van der Waals surface area contributed by atoms with Crippen LogP contribution in [0, 0.1) is 5.41 Å². The van der Waals surface area contributed by atoms with Crippen molar-refractivity contribution in [3.05, 3.63) is 35.4 Å². The zero-order valence-electron chi connectivity index (χ0n) is 7.79. The van der Waals surface area contributed by atoms with Gasteiger partial charge < -0.3 is 5.73 Å². The molecule has 13 heavy (non-hydrogen) atoms. The van der Waals surface area contributed by atoms with Crippen LogP contribution in [-0.2, 0) is 12.8 Å². The SMILES string of the molecule is NC1CC2(Cc3ccccc3C2)C1. The average molecular weight is 173 g/mol. The van der Waals surface area contributed by atoms with Crippen LogP contribution in [0.1, 0.15) is 24.0 Å². The average Bonchev–Trinajstić information content (AvgIpc) is 2.41. The molecule has 0 atom stereocenters. The fraction of sp³-hybridized carbons (Fsp3) is 0.500. The van der Waals surface area contributed by atoms with Crippen LogP contribution < -0.4 is 5.73 Å². The van der Waals surface area contributed by atoms with E-state index in [9.17, 15) is 0 Å². The Hall–Kier alpha value is -0.820. The van der Waals surface area contributed by atoms with E-state index < -0.39 is 0 Å². The van der Waals surface area contributed by atoms with Crippen LogP contribution in [0.25, 0.3) is 0 Å². The molecule has 0 aromatic heterocycles. The first kappa shape index (κ1) is 7.57. The molecule has 68 valence electrons. The normalized spacial score (nSPS) is 24.4. The summed E-state index contributed by atoms with van der Waals surface area (Å²) < 4.78 is 0. The summed E-state index contributed by atoms with van der Waals surface area (Å²) in [6.07, 6.45) is 5.02. The lowest BCUT2D eigenvalue weighted by Gasteiger charge is -2.43. The second-order valence-electron chi connectivity index (χ2n) is 4.79. The minimum absolute atomic E-state index is 0.481. The highest BCUT2D eigenvalue weighted by Crippen LogP contribution is 2.50. The number of rotatable bonds is 0. The first-order chi connectivity index (χ1) is 6.27. The molecule has 1 aromatic carbocycles. The predicted octanol–water partition coefficient (Wildman–Crippen LogP) is 1.89. The van der Waals surface area contributed by atoms with Crippen LogP contribution in [0.5, 0.6) is 0 Å². The van der Waals surface area contributed by atoms with Crippen molar-refractivity contribution in [3.63, 3.8) is 0 Å². The predicted molar refractivity (Wildman–Crippen MR) is 53.5 cm³/mol. The van der Waals surface area contributed by atoms with Gasteiger partial charge in [-0.25, -0.2) is 0 Å². The van der Waals surface area contributed by atoms with Crippen molar-refractivity contribution in [1.82, 2.24) is 0 Å². The van der Waals surface area contributed by atoms with Crippen molar-refractivity contribution in [3.8, 4) is 0 Å². The third kappa shape index (κ3) is 1.03. The van der Waals surface area contributed by atoms with E-state index >= 15 is 0 Å². The Labute approximate surface area is 78.9 Å². The van der Waals surface area contributed by atoms with Gasteiger partial charge in [0.15, 0.2) is 0 Å². The Bertz CT molecular complexity index is 310. The van der Waals surface area contributed by atoms with Crippen LogP contribution in [0.15, 0.2) is 24.3 Å². The molecule has 3 rings (SSSR count). The highest BCUT2D eigenvalue weighted by molar-refractivity contribution is 5.35. The second kappa shape index (κ2) is 2.36. The smallest absolute Gasteiger partial charge is 0.00498 e. The summed E-state index contributed by atoms with van der Waals surface area (Å²) in [6, 6.07) is 9.32. The van der Waals surface area contributed by atoms with Gasteiger partial charge in [0.1, 0.15) is 0 Å². The fourth-order valence-corrected chi connectivity index (χ4v) is 3.11. The van der Waals surface area contributed by atoms with E-state index in [0.29, 0.717) is 11.5 Å². The Balaban J connectivity index is 1.90. The monoisotopic (exact) mass is 173 g/mol. The van der Waals surface area contributed by atoms with E-state index in [1.807, 2.05) is 0 Å². The van der Waals surface area contributed by atoms with E-state index in [1.54, 1.807) is 11.1 Å². The maximum atomic E-state index is 5.87. The van der Waals surface area contributed by atoms with E-state index in [2.05, 4.69) is 24.3 Å². The quantitative estimate of drug-likeness (QED) is 0.637. The molecule has 2 N–H and O–H groups in total. The maximum Gasteiger partial charge on any atom is 0.00498 e. The molecule has 0 heterocycles. The van der Waals surface area contributed by atoms with E-state index in [0.717, 1.165) is 0 Å². The Morgan fingerprint density at radius 2 is 1.62 bits per heavy atom. The van der Waals surface area contributed by atoms with Crippen molar-refractivity contribution in [1.29, 1.82) is 0 Å². The Kier molecular flexibility index (Phi) is 1.37. The molecule has 1 aromatic rings. The van der Waals surface area contributed by atoms with Gasteiger partial charge in [0, 0.05) is 6.04 Å². The highest BCUT2D eigenvalue weighted by atomic mass is 14.7. The number of fused-ring (bicyclic) bond motifs is 1. The van der Waals surface area contributed by atoms with Crippen LogP contribution in [-0.4, -0.2) is 6.04 Å². The molecular weight excluding hydrogens is 158 g/mol. The maximum absolute atomic E-state index is 5.87. The third-order valence-electron chi connectivity index (χ3n) is 3.64. The van der Waals surface area contributed by atoms with Gasteiger partial charge in [0.25, 0.3) is 0 Å². The molecule has 0 amide bonds. The Morgan fingerprint density at radius 3 is 2.08 bits per heavy atom. The van der Waals surface area contributed by atoms with Crippen LogP contribution in [0.2, 0.25) is 0 Å². The molecule has 2 aliphatic carbocycles. The second-order valence-corrected chi connectivity index (χ2v) is 4.79. The zero-order valence-corrected chi connectivity index (χ0v) is 7.79. The molecule has 0 bridgehead atoms. The van der Waals surface area contributed by atoms with E-state index in [4.69, 9.17) is 5.73 Å². The minimum atomic E-state index is 0.481. The summed E-state index contributed by atoms with van der Waals surface area (Å²) >= 11 is 0. The van der Waals surface area contributed by atoms with E-state index in [-0.39, 0.29) is 0 Å². The van der Waals surface area contributed by atoms with Crippen LogP contribution in [0.4, 0.5) is 0 Å². The fourth-order valence-electron chi connectivity index (χ4n) is 3.11. The third-order valence-corrected chi connectivity index (χ3v) is 3.64. The van der Waals surface area contributed by atoms with Gasteiger partial charge in [0.05, 0.1) is 0 Å². The summed E-state index contributed by atoms with van der Waals surface area (Å²) in [5.74, 6) is 0. The first-order valence-electron chi connectivity index (χ1n) is 5.10. The number of hydrogen-bond donors (Lipinski definition) is 1. The Morgan fingerprint density at radius 1 is 1.08 bits per heavy atom. The molecule has 0 unspecified atom stereocenters. The summed E-state index contributed by atoms with van der Waals surface area (Å²) in [6.45, 7) is 0. The molecule has 0 saturated heterocycles. The topological polar surface area (TPSA) is 26.0 Å². The standard InChI is InChI=1S/C12H15N/c13-11-7-12(8-11)5-9-3-1-2-4-10(9)6-12/h1-4,11H,5-8,13H2. The molecule has 1 heteroatoms. The minimum Gasteiger partial charge on any atom is -0.328 e. The molecule has 1 nitrogen and oxygen atoms in total. The van der Waals surface area contributed by atoms with Gasteiger partial charge in [-0.05, 0) is 42.2 Å². The molecule has 2 aliphatic rings. The van der Waals surface area contributed by atoms with Gasteiger partial charge in [-0.15, -0.1) is 0 Å². The van der Waals surface area contributed by atoms with Gasteiger partial charge >= 0.3 is 0 Å². The molecule has 0 aliphatic heterocycles. The van der Waals surface area contributed by atoms with Crippen molar-refractivity contribution in [2.45, 2.75) is 31.7 Å². The molecule has 1 spiro atoms. The van der Waals surface area contributed by atoms with Crippen LogP contribution >= 0.6 is 0 Å². The van der Waals surface area contributed by atoms with Crippen molar-refractivity contribution in [2.75, 3.05) is 0 Å². The summed E-state index contributed by atoms with van der Waals surface area (Å²) in [4.78, 5) is 0. The van der Waals surface area contributed by atoms with Crippen molar-refractivity contribution in [2.24, 2.45) is 11.1 Å². The molecule has 0 radical (unpaired) electrons. The highest BCUT2D eigenvalue weighted by Gasteiger charge is 2.45. The van der Waals surface area contributed by atoms with Gasteiger partial charge in [-0.1, -0.05) is 24.3 Å². The van der Waals surface area contributed by atoms with Gasteiger partial charge in [-0.3, -0.25) is 0 Å². The van der Waals surface area contributed by atoms with Crippen molar-refractivity contribution >= 4 is 0 Å². The van der Waals surface area contributed by atoms with Gasteiger partial charge in [0.2, 0.25) is 0 Å². The van der Waals surface area contributed by atoms with Crippen LogP contribution in [0.3, 0.4) is 0 Å². The summed E-state index contributed by atoms with van der Waals surface area (Å²) in [5.41, 5.74) is 9.57.